The maximum absolute atomic E-state index is 14.3. The van der Waals surface area contributed by atoms with Crippen molar-refractivity contribution in [1.29, 1.82) is 0 Å². The molecular formula is C22H23FN2O4S. The standard InChI is InChI=1S/C22H23FN2O4S/c1-15-8-9-16-12-17(22(26)24-20(16)11-15)13-25(14-18-5-4-10-29-18)30(27,28)21-7-3-2-6-19(21)23/h2-3,6-9,11-12,18H,4-5,10,13-14H2,1H3,(H,24,26). The van der Waals surface area contributed by atoms with Gasteiger partial charge in [-0.05, 0) is 55.0 Å². The number of rotatable bonds is 6. The first-order valence-corrected chi connectivity index (χ1v) is 11.3. The van der Waals surface area contributed by atoms with Gasteiger partial charge in [-0.25, -0.2) is 12.8 Å². The van der Waals surface area contributed by atoms with E-state index in [0.29, 0.717) is 17.7 Å². The average Bonchev–Trinajstić information content (AvgIpc) is 3.21. The van der Waals surface area contributed by atoms with Gasteiger partial charge in [0.2, 0.25) is 10.0 Å². The van der Waals surface area contributed by atoms with Crippen molar-refractivity contribution in [2.75, 3.05) is 13.2 Å². The quantitative estimate of drug-likeness (QED) is 0.651. The fourth-order valence-electron chi connectivity index (χ4n) is 3.72. The molecule has 2 heterocycles. The molecule has 0 radical (unpaired) electrons. The highest BCUT2D eigenvalue weighted by Gasteiger charge is 2.31. The number of hydrogen-bond donors (Lipinski definition) is 1. The van der Waals surface area contributed by atoms with Crippen LogP contribution in [0.15, 0.2) is 58.2 Å². The first-order chi connectivity index (χ1) is 14.3. The summed E-state index contributed by atoms with van der Waals surface area (Å²) in [6.07, 6.45) is 1.28. The summed E-state index contributed by atoms with van der Waals surface area (Å²) >= 11 is 0. The summed E-state index contributed by atoms with van der Waals surface area (Å²) in [6.45, 7) is 2.38. The number of nitrogens with zero attached hydrogens (tertiary/aromatic N) is 1. The molecule has 4 rings (SSSR count). The number of H-pyrrole nitrogens is 1. The number of ether oxygens (including phenoxy) is 1. The number of fused-ring (bicyclic) bond motifs is 1. The predicted molar refractivity (Wildman–Crippen MR) is 112 cm³/mol. The second-order valence-corrected chi connectivity index (χ2v) is 9.48. The van der Waals surface area contributed by atoms with E-state index < -0.39 is 20.7 Å². The van der Waals surface area contributed by atoms with Crippen LogP contribution >= 0.6 is 0 Å². The summed E-state index contributed by atoms with van der Waals surface area (Å²) in [7, 11) is -4.17. The van der Waals surface area contributed by atoms with E-state index in [1.54, 1.807) is 6.07 Å². The molecule has 0 aliphatic carbocycles. The van der Waals surface area contributed by atoms with Gasteiger partial charge in [0.05, 0.1) is 6.10 Å². The van der Waals surface area contributed by atoms with Crippen LogP contribution in [0.4, 0.5) is 4.39 Å². The van der Waals surface area contributed by atoms with Gasteiger partial charge < -0.3 is 9.72 Å². The Bertz CT molecular complexity index is 1230. The maximum atomic E-state index is 14.3. The first kappa shape index (κ1) is 20.7. The lowest BCUT2D eigenvalue weighted by Gasteiger charge is -2.25. The highest BCUT2D eigenvalue weighted by Crippen LogP contribution is 2.24. The molecule has 8 heteroatoms. The maximum Gasteiger partial charge on any atom is 0.252 e. The van der Waals surface area contributed by atoms with Gasteiger partial charge in [-0.1, -0.05) is 24.3 Å². The van der Waals surface area contributed by atoms with Crippen LogP contribution < -0.4 is 5.56 Å². The molecule has 1 aliphatic rings. The molecule has 1 unspecified atom stereocenters. The number of hydrogen-bond acceptors (Lipinski definition) is 4. The summed E-state index contributed by atoms with van der Waals surface area (Å²) in [5.74, 6) is -0.822. The largest absolute Gasteiger partial charge is 0.377 e. The molecule has 1 N–H and O–H groups in total. The zero-order valence-corrected chi connectivity index (χ0v) is 17.4. The number of benzene rings is 2. The molecule has 1 fully saturated rings. The topological polar surface area (TPSA) is 79.5 Å². The van der Waals surface area contributed by atoms with Crippen molar-refractivity contribution in [2.24, 2.45) is 0 Å². The fraction of sp³-hybridized carbons (Fsp3) is 0.318. The van der Waals surface area contributed by atoms with E-state index in [1.807, 2.05) is 25.1 Å². The van der Waals surface area contributed by atoms with E-state index in [-0.39, 0.29) is 24.8 Å². The second kappa shape index (κ2) is 8.29. The van der Waals surface area contributed by atoms with Crippen molar-refractivity contribution in [3.63, 3.8) is 0 Å². The highest BCUT2D eigenvalue weighted by atomic mass is 32.2. The van der Waals surface area contributed by atoms with E-state index in [0.717, 1.165) is 34.2 Å². The molecule has 30 heavy (non-hydrogen) atoms. The van der Waals surface area contributed by atoms with E-state index in [1.165, 1.54) is 18.2 Å². The van der Waals surface area contributed by atoms with Crippen LogP contribution in [0.2, 0.25) is 0 Å². The highest BCUT2D eigenvalue weighted by molar-refractivity contribution is 7.89. The van der Waals surface area contributed by atoms with E-state index in [9.17, 15) is 17.6 Å². The van der Waals surface area contributed by atoms with Crippen LogP contribution in [0, 0.1) is 12.7 Å². The summed E-state index contributed by atoms with van der Waals surface area (Å²) in [6, 6.07) is 12.6. The van der Waals surface area contributed by atoms with Crippen LogP contribution in [0.5, 0.6) is 0 Å². The molecule has 1 aliphatic heterocycles. The van der Waals surface area contributed by atoms with Gasteiger partial charge in [0.1, 0.15) is 10.7 Å². The van der Waals surface area contributed by atoms with E-state index >= 15 is 0 Å². The lowest BCUT2D eigenvalue weighted by atomic mass is 10.1. The third-order valence-corrected chi connectivity index (χ3v) is 7.16. The third kappa shape index (κ3) is 4.16. The molecule has 1 saturated heterocycles. The minimum Gasteiger partial charge on any atom is -0.377 e. The summed E-state index contributed by atoms with van der Waals surface area (Å²) in [5, 5.41) is 0.801. The average molecular weight is 431 g/mol. The molecule has 0 amide bonds. The summed E-state index contributed by atoms with van der Waals surface area (Å²) in [5.41, 5.74) is 1.62. The smallest absolute Gasteiger partial charge is 0.252 e. The number of aromatic amines is 1. The van der Waals surface area contributed by atoms with E-state index in [4.69, 9.17) is 4.74 Å². The Morgan fingerprint density at radius 2 is 2.00 bits per heavy atom. The zero-order chi connectivity index (χ0) is 21.3. The minimum absolute atomic E-state index is 0.0576. The number of nitrogens with one attached hydrogen (secondary N) is 1. The summed E-state index contributed by atoms with van der Waals surface area (Å²) in [4.78, 5) is 15.1. The van der Waals surface area contributed by atoms with Crippen LogP contribution in [-0.4, -0.2) is 37.0 Å². The molecule has 0 bridgehead atoms. The number of aromatic nitrogens is 1. The van der Waals surface area contributed by atoms with Crippen molar-refractivity contribution < 1.29 is 17.5 Å². The van der Waals surface area contributed by atoms with Crippen molar-refractivity contribution >= 4 is 20.9 Å². The molecule has 1 atom stereocenters. The summed E-state index contributed by atoms with van der Waals surface area (Å²) < 4.78 is 47.6. The van der Waals surface area contributed by atoms with Crippen molar-refractivity contribution in [1.82, 2.24) is 9.29 Å². The van der Waals surface area contributed by atoms with E-state index in [2.05, 4.69) is 4.98 Å². The molecular weight excluding hydrogens is 407 g/mol. The lowest BCUT2D eigenvalue weighted by molar-refractivity contribution is 0.0924. The molecule has 0 spiro atoms. The monoisotopic (exact) mass is 430 g/mol. The van der Waals surface area contributed by atoms with Gasteiger partial charge in [0.25, 0.3) is 5.56 Å². The Balaban J connectivity index is 1.74. The van der Waals surface area contributed by atoms with Crippen LogP contribution in [-0.2, 0) is 21.3 Å². The normalized spacial score (nSPS) is 17.1. The van der Waals surface area contributed by atoms with Crippen molar-refractivity contribution in [3.05, 3.63) is 75.8 Å². The number of pyridine rings is 1. The Hall–Kier alpha value is -2.55. The van der Waals surface area contributed by atoms with Crippen molar-refractivity contribution in [3.8, 4) is 0 Å². The predicted octanol–water partition coefficient (Wildman–Crippen LogP) is 3.35. The molecule has 2 aromatic carbocycles. The molecule has 158 valence electrons. The SMILES string of the molecule is Cc1ccc2cc(CN(CC3CCCO3)S(=O)(=O)c3ccccc3F)c(=O)[nH]c2c1. The third-order valence-electron chi connectivity index (χ3n) is 5.31. The van der Waals surface area contributed by atoms with Gasteiger partial charge in [-0.15, -0.1) is 0 Å². The lowest BCUT2D eigenvalue weighted by Crippen LogP contribution is -2.38. The number of aryl methyl sites for hydroxylation is 1. The van der Waals surface area contributed by atoms with Crippen molar-refractivity contribution in [2.45, 2.75) is 37.3 Å². The Morgan fingerprint density at radius 1 is 1.20 bits per heavy atom. The second-order valence-electron chi connectivity index (χ2n) is 7.58. The molecule has 0 saturated carbocycles. The number of halogens is 1. The van der Waals surface area contributed by atoms with Gasteiger partial charge in [0, 0.05) is 30.8 Å². The fourth-order valence-corrected chi connectivity index (χ4v) is 5.24. The minimum atomic E-state index is -4.17. The van der Waals surface area contributed by atoms with Gasteiger partial charge in [-0.2, -0.15) is 4.31 Å². The first-order valence-electron chi connectivity index (χ1n) is 9.83. The van der Waals surface area contributed by atoms with Gasteiger partial charge >= 0.3 is 0 Å². The van der Waals surface area contributed by atoms with Gasteiger partial charge in [0.15, 0.2) is 0 Å². The van der Waals surface area contributed by atoms with Crippen LogP contribution in [0.25, 0.3) is 10.9 Å². The zero-order valence-electron chi connectivity index (χ0n) is 16.6. The Labute approximate surface area is 174 Å². The molecule has 1 aromatic heterocycles. The van der Waals surface area contributed by atoms with Crippen LogP contribution in [0.1, 0.15) is 24.0 Å². The Kier molecular flexibility index (Phi) is 5.73. The molecule has 6 nitrogen and oxygen atoms in total. The van der Waals surface area contributed by atoms with Gasteiger partial charge in [-0.3, -0.25) is 4.79 Å². The molecule has 3 aromatic rings. The Morgan fingerprint density at radius 3 is 2.73 bits per heavy atom. The number of sulfonamides is 1. The van der Waals surface area contributed by atoms with Crippen LogP contribution in [0.3, 0.4) is 0 Å².